The molecule has 0 saturated carbocycles. The van der Waals surface area contributed by atoms with Crippen molar-refractivity contribution in [1.82, 2.24) is 5.43 Å². The van der Waals surface area contributed by atoms with Gasteiger partial charge in [0.2, 0.25) is 0 Å². The van der Waals surface area contributed by atoms with Gasteiger partial charge in [0.1, 0.15) is 0 Å². The molecule has 0 unspecified atom stereocenters. The number of esters is 1. The van der Waals surface area contributed by atoms with E-state index in [2.05, 4.69) is 15.8 Å². The monoisotopic (exact) mass is 419 g/mol. The summed E-state index contributed by atoms with van der Waals surface area (Å²) in [6.07, 6.45) is 1.40. The normalized spacial score (nSPS) is 10.5. The third kappa shape index (κ3) is 6.69. The Bertz CT molecular complexity index is 902. The highest BCUT2D eigenvalue weighted by Gasteiger charge is 2.14. The van der Waals surface area contributed by atoms with E-state index in [1.54, 1.807) is 25.1 Å². The number of anilines is 1. The van der Waals surface area contributed by atoms with Gasteiger partial charge in [-0.05, 0) is 43.2 Å². The molecule has 154 valence electrons. The fourth-order valence-corrected chi connectivity index (χ4v) is 2.59. The van der Waals surface area contributed by atoms with E-state index in [1.807, 2.05) is 25.1 Å². The Morgan fingerprint density at radius 2 is 2.00 bits per heavy atom. The van der Waals surface area contributed by atoms with Crippen molar-refractivity contribution >= 4 is 35.5 Å². The van der Waals surface area contributed by atoms with Crippen LogP contribution in [0.3, 0.4) is 0 Å². The summed E-state index contributed by atoms with van der Waals surface area (Å²) in [6, 6.07) is 10.1. The third-order valence-corrected chi connectivity index (χ3v) is 3.95. The van der Waals surface area contributed by atoms with E-state index in [-0.39, 0.29) is 24.0 Å². The van der Waals surface area contributed by atoms with Crippen molar-refractivity contribution in [3.8, 4) is 11.5 Å². The summed E-state index contributed by atoms with van der Waals surface area (Å²) in [5, 5.41) is 6.82. The van der Waals surface area contributed by atoms with E-state index >= 15 is 0 Å². The number of nitrogens with one attached hydrogen (secondary N) is 2. The summed E-state index contributed by atoms with van der Waals surface area (Å²) in [5.41, 5.74) is 4.56. The van der Waals surface area contributed by atoms with Gasteiger partial charge >= 0.3 is 12.0 Å². The van der Waals surface area contributed by atoms with Crippen molar-refractivity contribution in [3.63, 3.8) is 0 Å². The van der Waals surface area contributed by atoms with Crippen molar-refractivity contribution in [1.29, 1.82) is 0 Å². The van der Waals surface area contributed by atoms with Crippen molar-refractivity contribution in [2.24, 2.45) is 5.10 Å². The quantitative estimate of drug-likeness (QED) is 0.385. The van der Waals surface area contributed by atoms with Gasteiger partial charge in [-0.3, -0.25) is 0 Å². The molecule has 0 atom stereocenters. The molecule has 0 aliphatic carbocycles. The molecule has 0 saturated heterocycles. The highest BCUT2D eigenvalue weighted by atomic mass is 35.5. The zero-order valence-corrected chi connectivity index (χ0v) is 17.1. The fourth-order valence-electron chi connectivity index (χ4n) is 2.32. The highest BCUT2D eigenvalue weighted by Crippen LogP contribution is 2.36. The number of benzene rings is 2. The van der Waals surface area contributed by atoms with Crippen molar-refractivity contribution in [2.45, 2.75) is 13.8 Å². The Balaban J connectivity index is 2.01. The lowest BCUT2D eigenvalue weighted by Crippen LogP contribution is -2.24. The molecule has 29 heavy (non-hydrogen) atoms. The Morgan fingerprint density at radius 1 is 1.24 bits per heavy atom. The highest BCUT2D eigenvalue weighted by molar-refractivity contribution is 6.32. The molecule has 2 aromatic rings. The number of hydrogen-bond donors (Lipinski definition) is 2. The van der Waals surface area contributed by atoms with Crippen molar-refractivity contribution in [3.05, 3.63) is 52.5 Å². The lowest BCUT2D eigenvalue weighted by molar-refractivity contribution is -0.145. The number of carbonyl (C=O) groups is 2. The second-order valence-electron chi connectivity index (χ2n) is 5.77. The lowest BCUT2D eigenvalue weighted by atomic mass is 10.2. The van der Waals surface area contributed by atoms with Crippen LogP contribution in [0.25, 0.3) is 0 Å². The van der Waals surface area contributed by atoms with Crippen LogP contribution in [0, 0.1) is 6.92 Å². The Hall–Kier alpha value is -3.26. The van der Waals surface area contributed by atoms with Gasteiger partial charge in [0, 0.05) is 5.69 Å². The Morgan fingerprint density at radius 3 is 2.69 bits per heavy atom. The van der Waals surface area contributed by atoms with E-state index in [9.17, 15) is 9.59 Å². The fraction of sp³-hybridized carbons (Fsp3) is 0.250. The van der Waals surface area contributed by atoms with Crippen LogP contribution < -0.4 is 20.2 Å². The smallest absolute Gasteiger partial charge is 0.344 e. The van der Waals surface area contributed by atoms with Crippen LogP contribution in [0.15, 0.2) is 41.5 Å². The van der Waals surface area contributed by atoms with E-state index in [1.165, 1.54) is 13.3 Å². The van der Waals surface area contributed by atoms with Gasteiger partial charge < -0.3 is 19.5 Å². The van der Waals surface area contributed by atoms with Crippen LogP contribution in [0.5, 0.6) is 11.5 Å². The zero-order valence-electron chi connectivity index (χ0n) is 16.3. The number of rotatable bonds is 8. The molecular formula is C20H22ClN3O5. The number of hydrogen-bond acceptors (Lipinski definition) is 6. The SMILES string of the molecule is CCOC(=O)COc1c(Cl)cc(C=NNC(=O)Nc2ccccc2C)cc1OC. The standard InChI is InChI=1S/C20H22ClN3O5/c1-4-28-18(25)12-29-19-15(21)9-14(10-17(19)27-3)11-22-24-20(26)23-16-8-6-5-7-13(16)2/h5-11H,4,12H2,1-3H3,(H2,23,24,26). The average molecular weight is 420 g/mol. The third-order valence-electron chi connectivity index (χ3n) is 3.66. The van der Waals surface area contributed by atoms with E-state index < -0.39 is 12.0 Å². The van der Waals surface area contributed by atoms with Crippen LogP contribution >= 0.6 is 11.6 Å². The van der Waals surface area contributed by atoms with E-state index in [0.717, 1.165) is 5.56 Å². The largest absolute Gasteiger partial charge is 0.493 e. The van der Waals surface area contributed by atoms with Crippen LogP contribution in [-0.4, -0.2) is 38.5 Å². The van der Waals surface area contributed by atoms with Crippen molar-refractivity contribution in [2.75, 3.05) is 25.6 Å². The summed E-state index contributed by atoms with van der Waals surface area (Å²) >= 11 is 6.22. The minimum absolute atomic E-state index is 0.213. The molecular weight excluding hydrogens is 398 g/mol. The molecule has 2 aromatic carbocycles. The Kier molecular flexibility index (Phi) is 8.29. The molecule has 2 N–H and O–H groups in total. The van der Waals surface area contributed by atoms with Crippen molar-refractivity contribution < 1.29 is 23.8 Å². The van der Waals surface area contributed by atoms with Gasteiger partial charge in [0.15, 0.2) is 18.1 Å². The lowest BCUT2D eigenvalue weighted by Gasteiger charge is -2.12. The zero-order chi connectivity index (χ0) is 21.2. The number of ether oxygens (including phenoxy) is 3. The maximum atomic E-state index is 12.0. The van der Waals surface area contributed by atoms with Crippen LogP contribution in [0.1, 0.15) is 18.1 Å². The van der Waals surface area contributed by atoms with Crippen LogP contribution in [-0.2, 0) is 9.53 Å². The molecule has 0 aromatic heterocycles. The molecule has 8 nitrogen and oxygen atoms in total. The number of amides is 2. The van der Waals surface area contributed by atoms with Gasteiger partial charge in [-0.15, -0.1) is 0 Å². The summed E-state index contributed by atoms with van der Waals surface area (Å²) in [4.78, 5) is 23.4. The topological polar surface area (TPSA) is 98.3 Å². The molecule has 0 fully saturated rings. The summed E-state index contributed by atoms with van der Waals surface area (Å²) in [5.74, 6) is 0.0114. The number of urea groups is 1. The van der Waals surface area contributed by atoms with E-state index in [4.69, 9.17) is 25.8 Å². The van der Waals surface area contributed by atoms with Gasteiger partial charge in [-0.25, -0.2) is 15.0 Å². The molecule has 2 rings (SSSR count). The van der Waals surface area contributed by atoms with Crippen LogP contribution in [0.2, 0.25) is 5.02 Å². The number of aryl methyl sites for hydroxylation is 1. The maximum Gasteiger partial charge on any atom is 0.344 e. The second-order valence-corrected chi connectivity index (χ2v) is 6.17. The predicted molar refractivity (Wildman–Crippen MR) is 111 cm³/mol. The average Bonchev–Trinajstić information content (AvgIpc) is 2.68. The Labute approximate surface area is 173 Å². The van der Waals surface area contributed by atoms with Crippen LogP contribution in [0.4, 0.5) is 10.5 Å². The molecule has 0 bridgehead atoms. The van der Waals surface area contributed by atoms with Gasteiger partial charge in [-0.2, -0.15) is 5.10 Å². The summed E-state index contributed by atoms with van der Waals surface area (Å²) in [6.45, 7) is 3.55. The molecule has 0 heterocycles. The minimum atomic E-state index is -0.514. The molecule has 0 spiro atoms. The first kappa shape index (κ1) is 22.0. The molecule has 2 amide bonds. The number of carbonyl (C=O) groups excluding carboxylic acids is 2. The van der Waals surface area contributed by atoms with Gasteiger partial charge in [0.05, 0.1) is 25.0 Å². The number of para-hydroxylation sites is 1. The summed E-state index contributed by atoms with van der Waals surface area (Å²) in [7, 11) is 1.44. The number of nitrogens with zero attached hydrogens (tertiary/aromatic N) is 1. The first-order chi connectivity index (χ1) is 13.9. The predicted octanol–water partition coefficient (Wildman–Crippen LogP) is 3.75. The minimum Gasteiger partial charge on any atom is -0.493 e. The molecule has 0 aliphatic heterocycles. The molecule has 0 aliphatic rings. The van der Waals surface area contributed by atoms with Gasteiger partial charge in [0.25, 0.3) is 0 Å². The summed E-state index contributed by atoms with van der Waals surface area (Å²) < 4.78 is 15.5. The second kappa shape index (κ2) is 10.9. The molecule has 9 heteroatoms. The molecule has 0 radical (unpaired) electrons. The van der Waals surface area contributed by atoms with E-state index in [0.29, 0.717) is 17.0 Å². The first-order valence-corrected chi connectivity index (χ1v) is 9.14. The maximum absolute atomic E-state index is 12.0. The number of halogens is 1. The van der Waals surface area contributed by atoms with Gasteiger partial charge in [-0.1, -0.05) is 29.8 Å². The number of hydrazone groups is 1. The number of methoxy groups -OCH3 is 1. The first-order valence-electron chi connectivity index (χ1n) is 8.76.